The molecular formula is C24H34N4O2. The van der Waals surface area contributed by atoms with E-state index in [1.807, 2.05) is 18.2 Å². The molecule has 6 heteroatoms. The Morgan fingerprint density at radius 2 is 1.80 bits per heavy atom. The Morgan fingerprint density at radius 3 is 2.50 bits per heavy atom. The number of methoxy groups -OCH3 is 2. The SMILES string of the molecule is COc1ccc(OC)c(NC(N)=NCc2ccccc2CN(C)C2CCCCC2)c1. The van der Waals surface area contributed by atoms with Crippen molar-refractivity contribution in [2.75, 3.05) is 26.6 Å². The zero-order chi connectivity index (χ0) is 21.3. The zero-order valence-electron chi connectivity index (χ0n) is 18.4. The van der Waals surface area contributed by atoms with Gasteiger partial charge in [-0.3, -0.25) is 4.90 Å². The number of nitrogens with zero attached hydrogens (tertiary/aromatic N) is 2. The first-order valence-electron chi connectivity index (χ1n) is 10.7. The van der Waals surface area contributed by atoms with Gasteiger partial charge in [0, 0.05) is 18.7 Å². The van der Waals surface area contributed by atoms with Gasteiger partial charge in [0.15, 0.2) is 5.96 Å². The van der Waals surface area contributed by atoms with Gasteiger partial charge in [0.2, 0.25) is 0 Å². The van der Waals surface area contributed by atoms with E-state index >= 15 is 0 Å². The number of guanidine groups is 1. The predicted molar refractivity (Wildman–Crippen MR) is 123 cm³/mol. The van der Waals surface area contributed by atoms with Gasteiger partial charge in [0.05, 0.1) is 26.5 Å². The first-order valence-corrected chi connectivity index (χ1v) is 10.7. The van der Waals surface area contributed by atoms with E-state index in [1.54, 1.807) is 14.2 Å². The van der Waals surface area contributed by atoms with Gasteiger partial charge >= 0.3 is 0 Å². The van der Waals surface area contributed by atoms with Gasteiger partial charge in [-0.25, -0.2) is 4.99 Å². The first kappa shape index (κ1) is 22.0. The Labute approximate surface area is 180 Å². The summed E-state index contributed by atoms with van der Waals surface area (Å²) in [5, 5.41) is 3.13. The van der Waals surface area contributed by atoms with Crippen LogP contribution in [0.25, 0.3) is 0 Å². The van der Waals surface area contributed by atoms with Gasteiger partial charge < -0.3 is 20.5 Å². The number of benzene rings is 2. The smallest absolute Gasteiger partial charge is 0.193 e. The average molecular weight is 411 g/mol. The highest BCUT2D eigenvalue weighted by atomic mass is 16.5. The monoisotopic (exact) mass is 410 g/mol. The molecule has 0 unspecified atom stereocenters. The lowest BCUT2D eigenvalue weighted by atomic mass is 9.94. The second kappa shape index (κ2) is 10.9. The van der Waals surface area contributed by atoms with Crippen LogP contribution in [0.1, 0.15) is 43.2 Å². The van der Waals surface area contributed by atoms with Gasteiger partial charge in [0.1, 0.15) is 11.5 Å². The van der Waals surface area contributed by atoms with E-state index < -0.39 is 0 Å². The summed E-state index contributed by atoms with van der Waals surface area (Å²) < 4.78 is 10.7. The van der Waals surface area contributed by atoms with Crippen molar-refractivity contribution in [1.29, 1.82) is 0 Å². The molecule has 1 saturated carbocycles. The highest BCUT2D eigenvalue weighted by Gasteiger charge is 2.18. The molecule has 0 amide bonds. The lowest BCUT2D eigenvalue weighted by molar-refractivity contribution is 0.184. The number of anilines is 1. The molecule has 0 spiro atoms. The third-order valence-electron chi connectivity index (χ3n) is 5.83. The maximum Gasteiger partial charge on any atom is 0.193 e. The van der Waals surface area contributed by atoms with Crippen molar-refractivity contribution in [2.24, 2.45) is 10.7 Å². The summed E-state index contributed by atoms with van der Waals surface area (Å²) in [4.78, 5) is 7.06. The largest absolute Gasteiger partial charge is 0.497 e. The molecule has 2 aromatic rings. The van der Waals surface area contributed by atoms with E-state index in [9.17, 15) is 0 Å². The lowest BCUT2D eigenvalue weighted by Gasteiger charge is -2.31. The van der Waals surface area contributed by atoms with Crippen molar-refractivity contribution in [1.82, 2.24) is 4.90 Å². The fourth-order valence-electron chi connectivity index (χ4n) is 4.05. The van der Waals surface area contributed by atoms with Crippen molar-refractivity contribution in [3.8, 4) is 11.5 Å². The Hall–Kier alpha value is -2.73. The van der Waals surface area contributed by atoms with Crippen LogP contribution in [0.3, 0.4) is 0 Å². The second-order valence-corrected chi connectivity index (χ2v) is 7.87. The summed E-state index contributed by atoms with van der Waals surface area (Å²) in [5.41, 5.74) is 9.40. The Kier molecular flexibility index (Phi) is 7.97. The molecule has 3 rings (SSSR count). The van der Waals surface area contributed by atoms with Crippen LogP contribution < -0.4 is 20.5 Å². The van der Waals surface area contributed by atoms with Crippen LogP contribution in [0.2, 0.25) is 0 Å². The highest BCUT2D eigenvalue weighted by molar-refractivity contribution is 5.94. The lowest BCUT2D eigenvalue weighted by Crippen LogP contribution is -2.33. The number of aliphatic imine (C=N–C) groups is 1. The van der Waals surface area contributed by atoms with Gasteiger partial charge in [0.25, 0.3) is 0 Å². The molecule has 0 saturated heterocycles. The topological polar surface area (TPSA) is 72.1 Å². The second-order valence-electron chi connectivity index (χ2n) is 7.87. The molecule has 0 aromatic heterocycles. The quantitative estimate of drug-likeness (QED) is 0.499. The minimum atomic E-state index is 0.344. The van der Waals surface area contributed by atoms with E-state index in [4.69, 9.17) is 15.2 Å². The molecule has 0 aliphatic heterocycles. The van der Waals surface area contributed by atoms with Gasteiger partial charge in [-0.15, -0.1) is 0 Å². The molecular weight excluding hydrogens is 376 g/mol. The molecule has 0 radical (unpaired) electrons. The van der Waals surface area contributed by atoms with Crippen LogP contribution >= 0.6 is 0 Å². The van der Waals surface area contributed by atoms with Crippen molar-refractivity contribution >= 4 is 11.6 Å². The fraction of sp³-hybridized carbons (Fsp3) is 0.458. The van der Waals surface area contributed by atoms with Crippen LogP contribution in [-0.4, -0.2) is 38.2 Å². The number of ether oxygens (including phenoxy) is 2. The van der Waals surface area contributed by atoms with Gasteiger partial charge in [-0.1, -0.05) is 43.5 Å². The van der Waals surface area contributed by atoms with Crippen LogP contribution in [0, 0.1) is 0 Å². The Balaban J connectivity index is 1.67. The summed E-state index contributed by atoms with van der Waals surface area (Å²) in [6, 6.07) is 14.7. The zero-order valence-corrected chi connectivity index (χ0v) is 18.4. The molecule has 0 heterocycles. The molecule has 2 aromatic carbocycles. The van der Waals surface area contributed by atoms with Crippen LogP contribution in [-0.2, 0) is 13.1 Å². The van der Waals surface area contributed by atoms with Gasteiger partial charge in [-0.05, 0) is 43.1 Å². The number of hydrogen-bond donors (Lipinski definition) is 2. The third-order valence-corrected chi connectivity index (χ3v) is 5.83. The van der Waals surface area contributed by atoms with E-state index in [0.717, 1.165) is 18.0 Å². The van der Waals surface area contributed by atoms with E-state index in [2.05, 4.69) is 46.5 Å². The van der Waals surface area contributed by atoms with E-state index in [0.29, 0.717) is 24.3 Å². The molecule has 0 atom stereocenters. The summed E-state index contributed by atoms with van der Waals surface area (Å²) in [6.07, 6.45) is 6.67. The maximum absolute atomic E-state index is 6.17. The predicted octanol–water partition coefficient (Wildman–Crippen LogP) is 4.40. The Morgan fingerprint density at radius 1 is 1.07 bits per heavy atom. The first-order chi connectivity index (χ1) is 14.6. The standard InChI is InChI=1S/C24H34N4O2/c1-28(20-11-5-4-6-12-20)17-19-10-8-7-9-18(19)16-26-24(25)27-22-15-21(29-2)13-14-23(22)30-3/h7-10,13-15,20H,4-6,11-12,16-17H2,1-3H3,(H3,25,26,27). The normalized spacial score (nSPS) is 15.3. The number of nitrogens with two attached hydrogens (primary N) is 1. The van der Waals surface area contributed by atoms with Gasteiger partial charge in [-0.2, -0.15) is 0 Å². The van der Waals surface area contributed by atoms with Crippen LogP contribution in [0.15, 0.2) is 47.5 Å². The maximum atomic E-state index is 6.17. The van der Waals surface area contributed by atoms with E-state index in [1.165, 1.54) is 43.2 Å². The molecule has 1 fully saturated rings. The molecule has 162 valence electrons. The highest BCUT2D eigenvalue weighted by Crippen LogP contribution is 2.29. The molecule has 6 nitrogen and oxygen atoms in total. The van der Waals surface area contributed by atoms with Crippen LogP contribution in [0.5, 0.6) is 11.5 Å². The number of hydrogen-bond acceptors (Lipinski definition) is 4. The molecule has 0 bridgehead atoms. The summed E-state index contributed by atoms with van der Waals surface area (Å²) in [7, 11) is 5.49. The molecule has 30 heavy (non-hydrogen) atoms. The number of rotatable bonds is 8. The minimum absolute atomic E-state index is 0.344. The average Bonchev–Trinajstić information content (AvgIpc) is 2.79. The molecule has 1 aliphatic carbocycles. The third kappa shape index (κ3) is 5.89. The molecule has 3 N–H and O–H groups in total. The van der Waals surface area contributed by atoms with Crippen molar-refractivity contribution in [3.63, 3.8) is 0 Å². The minimum Gasteiger partial charge on any atom is -0.497 e. The van der Waals surface area contributed by atoms with Crippen LogP contribution in [0.4, 0.5) is 5.69 Å². The van der Waals surface area contributed by atoms with E-state index in [-0.39, 0.29) is 0 Å². The molecule has 1 aliphatic rings. The van der Waals surface area contributed by atoms with Crippen molar-refractivity contribution in [2.45, 2.75) is 51.2 Å². The van der Waals surface area contributed by atoms with Crippen molar-refractivity contribution in [3.05, 3.63) is 53.6 Å². The number of nitrogens with one attached hydrogen (secondary N) is 1. The summed E-state index contributed by atoms with van der Waals surface area (Å²) >= 11 is 0. The van der Waals surface area contributed by atoms with Crippen molar-refractivity contribution < 1.29 is 9.47 Å². The summed E-state index contributed by atoms with van der Waals surface area (Å²) in [6.45, 7) is 1.47. The summed E-state index contributed by atoms with van der Waals surface area (Å²) in [5.74, 6) is 1.75. The Bertz CT molecular complexity index is 847. The fourth-order valence-corrected chi connectivity index (χ4v) is 4.05.